The average molecular weight is 198 g/mol. The van der Waals surface area contributed by atoms with Crippen LogP contribution in [0.3, 0.4) is 0 Å². The van der Waals surface area contributed by atoms with Crippen molar-refractivity contribution in [2.45, 2.75) is 6.04 Å². The van der Waals surface area contributed by atoms with Crippen molar-refractivity contribution in [1.82, 2.24) is 5.32 Å². The van der Waals surface area contributed by atoms with Crippen LogP contribution >= 0.6 is 11.6 Å². The molecule has 1 unspecified atom stereocenters. The van der Waals surface area contributed by atoms with Gasteiger partial charge in [0.15, 0.2) is 0 Å². The van der Waals surface area contributed by atoms with Crippen molar-refractivity contribution in [1.29, 1.82) is 0 Å². The van der Waals surface area contributed by atoms with E-state index in [9.17, 15) is 4.39 Å². The molecule has 0 aliphatic carbocycles. The van der Waals surface area contributed by atoms with Gasteiger partial charge in [0.2, 0.25) is 0 Å². The zero-order valence-corrected chi connectivity index (χ0v) is 7.90. The third kappa shape index (κ3) is 2.21. The molecular formula is C10H9ClFN. The highest BCUT2D eigenvalue weighted by molar-refractivity contribution is 6.30. The average Bonchev–Trinajstić information content (AvgIpc) is 2.10. The summed E-state index contributed by atoms with van der Waals surface area (Å²) in [6.45, 7) is 0. The van der Waals surface area contributed by atoms with Crippen LogP contribution in [0.15, 0.2) is 18.2 Å². The fourth-order valence-electron chi connectivity index (χ4n) is 1.06. The first-order valence-electron chi connectivity index (χ1n) is 3.77. The maximum atomic E-state index is 13.3. The van der Waals surface area contributed by atoms with Crippen molar-refractivity contribution in [2.24, 2.45) is 0 Å². The van der Waals surface area contributed by atoms with E-state index in [1.807, 2.05) is 0 Å². The van der Waals surface area contributed by atoms with Crippen LogP contribution in [0.25, 0.3) is 0 Å². The van der Waals surface area contributed by atoms with Gasteiger partial charge in [-0.3, -0.25) is 0 Å². The van der Waals surface area contributed by atoms with Crippen molar-refractivity contribution in [2.75, 3.05) is 7.05 Å². The number of nitrogens with one attached hydrogen (secondary N) is 1. The van der Waals surface area contributed by atoms with Crippen molar-refractivity contribution in [3.8, 4) is 12.3 Å². The highest BCUT2D eigenvalue weighted by Gasteiger charge is 2.10. The number of hydrogen-bond acceptors (Lipinski definition) is 1. The summed E-state index contributed by atoms with van der Waals surface area (Å²) >= 11 is 5.60. The van der Waals surface area contributed by atoms with Crippen LogP contribution in [0.5, 0.6) is 0 Å². The predicted octanol–water partition coefficient (Wildman–Crippen LogP) is 2.37. The first-order chi connectivity index (χ1) is 6.19. The summed E-state index contributed by atoms with van der Waals surface area (Å²) in [6.07, 6.45) is 5.21. The van der Waals surface area contributed by atoms with Crippen LogP contribution in [0.4, 0.5) is 4.39 Å². The highest BCUT2D eigenvalue weighted by atomic mass is 35.5. The normalized spacial score (nSPS) is 12.2. The van der Waals surface area contributed by atoms with E-state index in [-0.39, 0.29) is 5.82 Å². The van der Waals surface area contributed by atoms with Gasteiger partial charge in [0.05, 0.1) is 6.04 Å². The van der Waals surface area contributed by atoms with E-state index in [1.54, 1.807) is 19.2 Å². The molecule has 1 aromatic carbocycles. The van der Waals surface area contributed by atoms with Gasteiger partial charge in [-0.1, -0.05) is 23.6 Å². The monoisotopic (exact) mass is 197 g/mol. The molecule has 1 rings (SSSR count). The second-order valence-corrected chi connectivity index (χ2v) is 2.99. The first kappa shape index (κ1) is 10.0. The Labute approximate surface area is 81.9 Å². The number of halogens is 2. The summed E-state index contributed by atoms with van der Waals surface area (Å²) < 4.78 is 13.3. The van der Waals surface area contributed by atoms with Gasteiger partial charge in [0.1, 0.15) is 5.82 Å². The number of rotatable bonds is 2. The second kappa shape index (κ2) is 4.27. The van der Waals surface area contributed by atoms with Gasteiger partial charge in [-0.25, -0.2) is 4.39 Å². The lowest BCUT2D eigenvalue weighted by Gasteiger charge is -2.10. The molecule has 3 heteroatoms. The van der Waals surface area contributed by atoms with E-state index in [0.29, 0.717) is 10.6 Å². The van der Waals surface area contributed by atoms with Crippen molar-refractivity contribution >= 4 is 11.6 Å². The Morgan fingerprint density at radius 3 is 2.77 bits per heavy atom. The Morgan fingerprint density at radius 1 is 1.62 bits per heavy atom. The van der Waals surface area contributed by atoms with Crippen molar-refractivity contribution < 1.29 is 4.39 Å². The third-order valence-corrected chi connectivity index (χ3v) is 1.96. The molecule has 13 heavy (non-hydrogen) atoms. The van der Waals surface area contributed by atoms with Crippen LogP contribution in [-0.4, -0.2) is 7.05 Å². The molecule has 0 saturated heterocycles. The third-order valence-electron chi connectivity index (χ3n) is 1.73. The molecule has 0 aliphatic rings. The molecule has 0 spiro atoms. The van der Waals surface area contributed by atoms with E-state index < -0.39 is 6.04 Å². The molecule has 1 aromatic rings. The first-order valence-corrected chi connectivity index (χ1v) is 4.15. The number of terminal acetylenes is 1. The Kier molecular flexibility index (Phi) is 3.30. The van der Waals surface area contributed by atoms with Gasteiger partial charge in [-0.15, -0.1) is 6.42 Å². The molecule has 0 aliphatic heterocycles. The molecule has 0 bridgehead atoms. The van der Waals surface area contributed by atoms with Crippen LogP contribution < -0.4 is 5.32 Å². The summed E-state index contributed by atoms with van der Waals surface area (Å²) in [6, 6.07) is 4.04. The molecule has 1 N–H and O–H groups in total. The predicted molar refractivity (Wildman–Crippen MR) is 52.0 cm³/mol. The molecule has 0 aromatic heterocycles. The van der Waals surface area contributed by atoms with Gasteiger partial charge < -0.3 is 5.32 Å². The molecule has 0 radical (unpaired) electrons. The smallest absolute Gasteiger partial charge is 0.130 e. The molecule has 68 valence electrons. The van der Waals surface area contributed by atoms with E-state index in [2.05, 4.69) is 11.2 Å². The van der Waals surface area contributed by atoms with E-state index >= 15 is 0 Å². The largest absolute Gasteiger partial charge is 0.303 e. The minimum Gasteiger partial charge on any atom is -0.303 e. The van der Waals surface area contributed by atoms with Gasteiger partial charge >= 0.3 is 0 Å². The lowest BCUT2D eigenvalue weighted by Crippen LogP contribution is -2.15. The minimum absolute atomic E-state index is 0.369. The second-order valence-electron chi connectivity index (χ2n) is 2.55. The van der Waals surface area contributed by atoms with Gasteiger partial charge in [0.25, 0.3) is 0 Å². The summed E-state index contributed by atoms with van der Waals surface area (Å²) in [4.78, 5) is 0. The van der Waals surface area contributed by atoms with E-state index in [1.165, 1.54) is 6.07 Å². The summed E-state index contributed by atoms with van der Waals surface area (Å²) in [7, 11) is 1.68. The Bertz CT molecular complexity index is 343. The van der Waals surface area contributed by atoms with Crippen LogP contribution in [0, 0.1) is 18.2 Å². The van der Waals surface area contributed by atoms with Gasteiger partial charge in [-0.05, 0) is 19.2 Å². The molecule has 1 nitrogen and oxygen atoms in total. The Morgan fingerprint density at radius 2 is 2.31 bits per heavy atom. The highest BCUT2D eigenvalue weighted by Crippen LogP contribution is 2.19. The van der Waals surface area contributed by atoms with Crippen LogP contribution in [-0.2, 0) is 0 Å². The molecule has 0 amide bonds. The molecule has 0 fully saturated rings. The lowest BCUT2D eigenvalue weighted by atomic mass is 10.1. The van der Waals surface area contributed by atoms with Crippen molar-refractivity contribution in [3.63, 3.8) is 0 Å². The SMILES string of the molecule is C#CC(NC)c1ccc(Cl)cc1F. The van der Waals surface area contributed by atoms with E-state index in [4.69, 9.17) is 18.0 Å². The van der Waals surface area contributed by atoms with Gasteiger partial charge in [-0.2, -0.15) is 0 Å². The summed E-state index contributed by atoms with van der Waals surface area (Å²) in [5.74, 6) is 2.05. The summed E-state index contributed by atoms with van der Waals surface area (Å²) in [5, 5.41) is 3.18. The topological polar surface area (TPSA) is 12.0 Å². The zero-order chi connectivity index (χ0) is 9.84. The fraction of sp³-hybridized carbons (Fsp3) is 0.200. The maximum absolute atomic E-state index is 13.3. The summed E-state index contributed by atoms with van der Waals surface area (Å²) in [5.41, 5.74) is 0.439. The molecular weight excluding hydrogens is 189 g/mol. The van der Waals surface area contributed by atoms with Crippen LogP contribution in [0.2, 0.25) is 5.02 Å². The van der Waals surface area contributed by atoms with Crippen LogP contribution in [0.1, 0.15) is 11.6 Å². The fourth-order valence-corrected chi connectivity index (χ4v) is 1.22. The van der Waals surface area contributed by atoms with E-state index in [0.717, 1.165) is 0 Å². The molecule has 1 atom stereocenters. The maximum Gasteiger partial charge on any atom is 0.130 e. The number of hydrogen-bond donors (Lipinski definition) is 1. The quantitative estimate of drug-likeness (QED) is 0.718. The van der Waals surface area contributed by atoms with Crippen molar-refractivity contribution in [3.05, 3.63) is 34.6 Å². The molecule has 0 heterocycles. The minimum atomic E-state index is -0.405. The lowest BCUT2D eigenvalue weighted by molar-refractivity contribution is 0.587. The molecule has 0 saturated carbocycles. The zero-order valence-electron chi connectivity index (χ0n) is 7.14. The number of benzene rings is 1. The van der Waals surface area contributed by atoms with Gasteiger partial charge in [0, 0.05) is 10.6 Å². The Balaban J connectivity index is 3.09. The standard InChI is InChI=1S/C10H9ClFN/c1-3-10(13-2)8-5-4-7(11)6-9(8)12/h1,4-6,10,13H,2H3. The Hall–Kier alpha value is -1.04.